The second-order valence-electron chi connectivity index (χ2n) is 5.91. The quantitative estimate of drug-likeness (QED) is 0.884. The van der Waals surface area contributed by atoms with E-state index in [9.17, 15) is 4.39 Å². The predicted molar refractivity (Wildman–Crippen MR) is 77.4 cm³/mol. The summed E-state index contributed by atoms with van der Waals surface area (Å²) in [6.07, 6.45) is 5.44. The molecule has 0 aromatic heterocycles. The van der Waals surface area contributed by atoms with Gasteiger partial charge in [-0.3, -0.25) is 0 Å². The molecule has 106 valence electrons. The lowest BCUT2D eigenvalue weighted by atomic mass is 9.99. The molecule has 2 N–H and O–H groups in total. The van der Waals surface area contributed by atoms with Gasteiger partial charge in [0.05, 0.1) is 0 Å². The summed E-state index contributed by atoms with van der Waals surface area (Å²) < 4.78 is 12.9. The molecule has 3 heteroatoms. The van der Waals surface area contributed by atoms with E-state index in [2.05, 4.69) is 18.9 Å². The molecule has 1 aliphatic carbocycles. The fourth-order valence-corrected chi connectivity index (χ4v) is 3.00. The zero-order chi connectivity index (χ0) is 13.8. The maximum absolute atomic E-state index is 12.9. The topological polar surface area (TPSA) is 29.3 Å². The van der Waals surface area contributed by atoms with Gasteiger partial charge in [-0.15, -0.1) is 0 Å². The average Bonchev–Trinajstić information content (AvgIpc) is 2.90. The van der Waals surface area contributed by atoms with Crippen LogP contribution in [0.15, 0.2) is 24.3 Å². The highest BCUT2D eigenvalue weighted by Crippen LogP contribution is 2.27. The predicted octanol–water partition coefficient (Wildman–Crippen LogP) is 3.34. The second kappa shape index (κ2) is 6.49. The van der Waals surface area contributed by atoms with Crippen LogP contribution in [0.3, 0.4) is 0 Å². The Bertz CT molecular complexity index is 384. The number of halogens is 1. The largest absolute Gasteiger partial charge is 0.323 e. The lowest BCUT2D eigenvalue weighted by Gasteiger charge is -2.31. The van der Waals surface area contributed by atoms with Gasteiger partial charge in [0.1, 0.15) is 5.82 Å². The van der Waals surface area contributed by atoms with Crippen LogP contribution in [0.2, 0.25) is 0 Å². The van der Waals surface area contributed by atoms with Crippen LogP contribution >= 0.6 is 0 Å². The Labute approximate surface area is 115 Å². The van der Waals surface area contributed by atoms with E-state index in [-0.39, 0.29) is 17.9 Å². The van der Waals surface area contributed by atoms with Crippen molar-refractivity contribution >= 4 is 0 Å². The molecule has 0 radical (unpaired) electrons. The first-order valence-electron chi connectivity index (χ1n) is 7.29. The number of nitrogens with zero attached hydrogens (tertiary/aromatic N) is 1. The van der Waals surface area contributed by atoms with Crippen molar-refractivity contribution in [2.75, 3.05) is 13.6 Å². The third-order valence-electron chi connectivity index (χ3n) is 4.49. The summed E-state index contributed by atoms with van der Waals surface area (Å²) >= 11 is 0. The van der Waals surface area contributed by atoms with Crippen LogP contribution in [0, 0.1) is 11.7 Å². The number of nitrogens with two attached hydrogens (primary N) is 1. The normalized spacial score (nSPS) is 19.8. The van der Waals surface area contributed by atoms with Crippen LogP contribution in [-0.4, -0.2) is 24.5 Å². The number of rotatable bonds is 5. The van der Waals surface area contributed by atoms with Crippen molar-refractivity contribution in [3.05, 3.63) is 35.6 Å². The van der Waals surface area contributed by atoms with Gasteiger partial charge in [-0.05, 0) is 50.4 Å². The molecule has 1 aromatic carbocycles. The molecule has 1 aromatic rings. The molecule has 1 saturated carbocycles. The van der Waals surface area contributed by atoms with Crippen LogP contribution in [0.4, 0.5) is 4.39 Å². The van der Waals surface area contributed by atoms with Crippen molar-refractivity contribution in [3.63, 3.8) is 0 Å². The van der Waals surface area contributed by atoms with Crippen molar-refractivity contribution in [1.29, 1.82) is 0 Å². The maximum atomic E-state index is 12.9. The molecule has 1 aliphatic rings. The number of likely N-dealkylation sites (N-methyl/N-ethyl adjacent to an activating group) is 1. The summed E-state index contributed by atoms with van der Waals surface area (Å²) in [5.41, 5.74) is 7.31. The maximum Gasteiger partial charge on any atom is 0.123 e. The van der Waals surface area contributed by atoms with Crippen LogP contribution in [0.5, 0.6) is 0 Å². The Balaban J connectivity index is 1.93. The molecular formula is C16H25FN2. The molecule has 0 bridgehead atoms. The zero-order valence-corrected chi connectivity index (χ0v) is 12.0. The van der Waals surface area contributed by atoms with Gasteiger partial charge in [0.2, 0.25) is 0 Å². The minimum absolute atomic E-state index is 0.0630. The fraction of sp³-hybridized carbons (Fsp3) is 0.625. The summed E-state index contributed by atoms with van der Waals surface area (Å²) in [6, 6.07) is 6.76. The lowest BCUT2D eigenvalue weighted by molar-refractivity contribution is 0.195. The Kier molecular flexibility index (Phi) is 4.94. The summed E-state index contributed by atoms with van der Waals surface area (Å²) in [7, 11) is 2.15. The second-order valence-corrected chi connectivity index (χ2v) is 5.91. The molecule has 19 heavy (non-hydrogen) atoms. The third kappa shape index (κ3) is 3.77. The van der Waals surface area contributed by atoms with Gasteiger partial charge in [0.25, 0.3) is 0 Å². The van der Waals surface area contributed by atoms with Crippen LogP contribution in [0.25, 0.3) is 0 Å². The smallest absolute Gasteiger partial charge is 0.123 e. The Morgan fingerprint density at radius 2 is 1.84 bits per heavy atom. The van der Waals surface area contributed by atoms with E-state index in [0.29, 0.717) is 0 Å². The highest BCUT2D eigenvalue weighted by atomic mass is 19.1. The SMILES string of the molecule is CC(C(N)c1ccc(F)cc1)N(C)CC1CCCC1. The van der Waals surface area contributed by atoms with Crippen LogP contribution in [-0.2, 0) is 0 Å². The van der Waals surface area contributed by atoms with Gasteiger partial charge in [-0.2, -0.15) is 0 Å². The van der Waals surface area contributed by atoms with E-state index >= 15 is 0 Å². The average molecular weight is 264 g/mol. The highest BCUT2D eigenvalue weighted by Gasteiger charge is 2.23. The molecule has 1 fully saturated rings. The molecular weight excluding hydrogens is 239 g/mol. The van der Waals surface area contributed by atoms with Crippen molar-refractivity contribution in [2.45, 2.75) is 44.7 Å². The summed E-state index contributed by atoms with van der Waals surface area (Å²) in [6.45, 7) is 3.28. The van der Waals surface area contributed by atoms with E-state index in [1.165, 1.54) is 37.8 Å². The van der Waals surface area contributed by atoms with Gasteiger partial charge in [-0.1, -0.05) is 25.0 Å². The van der Waals surface area contributed by atoms with Crippen LogP contribution < -0.4 is 5.73 Å². The minimum Gasteiger partial charge on any atom is -0.323 e. The summed E-state index contributed by atoms with van der Waals surface area (Å²) in [4.78, 5) is 2.35. The molecule has 0 spiro atoms. The monoisotopic (exact) mass is 264 g/mol. The van der Waals surface area contributed by atoms with Crippen molar-refractivity contribution < 1.29 is 4.39 Å². The van der Waals surface area contributed by atoms with E-state index in [1.807, 2.05) is 0 Å². The van der Waals surface area contributed by atoms with Gasteiger partial charge in [-0.25, -0.2) is 4.39 Å². The lowest BCUT2D eigenvalue weighted by Crippen LogP contribution is -2.40. The van der Waals surface area contributed by atoms with E-state index in [0.717, 1.165) is 18.0 Å². The zero-order valence-electron chi connectivity index (χ0n) is 12.0. The highest BCUT2D eigenvalue weighted by molar-refractivity contribution is 5.20. The molecule has 2 unspecified atom stereocenters. The molecule has 0 heterocycles. The first-order valence-corrected chi connectivity index (χ1v) is 7.29. The Morgan fingerprint density at radius 3 is 2.42 bits per heavy atom. The van der Waals surface area contributed by atoms with Gasteiger partial charge in [0.15, 0.2) is 0 Å². The number of hydrogen-bond donors (Lipinski definition) is 1. The Morgan fingerprint density at radius 1 is 1.26 bits per heavy atom. The molecule has 0 saturated heterocycles. The van der Waals surface area contributed by atoms with Gasteiger partial charge in [0, 0.05) is 18.6 Å². The summed E-state index contributed by atoms with van der Waals surface area (Å²) in [5.74, 6) is 0.621. The molecule has 0 amide bonds. The molecule has 0 aliphatic heterocycles. The van der Waals surface area contributed by atoms with Crippen molar-refractivity contribution in [1.82, 2.24) is 4.90 Å². The van der Waals surface area contributed by atoms with Crippen molar-refractivity contribution in [2.24, 2.45) is 11.7 Å². The summed E-state index contributed by atoms with van der Waals surface area (Å²) in [5, 5.41) is 0. The van der Waals surface area contributed by atoms with Gasteiger partial charge < -0.3 is 10.6 Å². The van der Waals surface area contributed by atoms with Gasteiger partial charge >= 0.3 is 0 Å². The molecule has 2 rings (SSSR count). The Hall–Kier alpha value is -0.930. The third-order valence-corrected chi connectivity index (χ3v) is 4.49. The fourth-order valence-electron chi connectivity index (χ4n) is 3.00. The van der Waals surface area contributed by atoms with Crippen LogP contribution in [0.1, 0.15) is 44.2 Å². The van der Waals surface area contributed by atoms with E-state index < -0.39 is 0 Å². The van der Waals surface area contributed by atoms with E-state index in [1.54, 1.807) is 12.1 Å². The van der Waals surface area contributed by atoms with Crippen molar-refractivity contribution in [3.8, 4) is 0 Å². The number of hydrogen-bond acceptors (Lipinski definition) is 2. The van der Waals surface area contributed by atoms with E-state index in [4.69, 9.17) is 5.73 Å². The standard InChI is InChI=1S/C16H25FN2/c1-12(19(2)11-13-5-3-4-6-13)16(18)14-7-9-15(17)10-8-14/h7-10,12-13,16H,3-6,11,18H2,1-2H3. The minimum atomic E-state index is -0.206. The molecule has 2 atom stereocenters. The molecule has 2 nitrogen and oxygen atoms in total. The first-order chi connectivity index (χ1) is 9.08. The number of benzene rings is 1. The first kappa shape index (κ1) is 14.5.